The first-order valence-electron chi connectivity index (χ1n) is 8.35. The fraction of sp³-hybridized carbons (Fsp3) is 0.444. The Hall–Kier alpha value is -2.90. The van der Waals surface area contributed by atoms with Gasteiger partial charge in [-0.15, -0.1) is 0 Å². The third kappa shape index (κ3) is 3.68. The van der Waals surface area contributed by atoms with E-state index in [9.17, 15) is 19.2 Å². The van der Waals surface area contributed by atoms with E-state index in [-0.39, 0.29) is 41.1 Å². The Bertz CT molecular complexity index is 737. The van der Waals surface area contributed by atoms with Crippen LogP contribution in [0.15, 0.2) is 18.2 Å². The van der Waals surface area contributed by atoms with Gasteiger partial charge >= 0.3 is 11.9 Å². The monoisotopic (exact) mass is 360 g/mol. The fourth-order valence-corrected chi connectivity index (χ4v) is 3.06. The topological polar surface area (TPSA) is 102 Å². The van der Waals surface area contributed by atoms with Crippen LogP contribution in [0.4, 0.5) is 5.69 Å². The van der Waals surface area contributed by atoms with Crippen molar-refractivity contribution in [1.29, 1.82) is 0 Å². The first-order chi connectivity index (χ1) is 12.4. The molecule has 2 amide bonds. The number of nitrogens with one attached hydrogen (secondary N) is 1. The summed E-state index contributed by atoms with van der Waals surface area (Å²) in [6.45, 7) is 0.399. The van der Waals surface area contributed by atoms with Crippen molar-refractivity contribution in [3.05, 3.63) is 29.3 Å². The van der Waals surface area contributed by atoms with Crippen LogP contribution in [0, 0.1) is 5.92 Å². The molecule has 1 atom stereocenters. The van der Waals surface area contributed by atoms with Crippen LogP contribution in [-0.4, -0.2) is 55.5 Å². The highest BCUT2D eigenvalue weighted by Gasteiger charge is 2.41. The van der Waals surface area contributed by atoms with Gasteiger partial charge in [0.1, 0.15) is 0 Å². The summed E-state index contributed by atoms with van der Waals surface area (Å²) in [5.74, 6) is -2.05. The maximum absolute atomic E-state index is 12.5. The molecule has 8 heteroatoms. The molecule has 1 aromatic rings. The number of anilines is 1. The highest BCUT2D eigenvalue weighted by Crippen LogP contribution is 2.33. The van der Waals surface area contributed by atoms with Crippen LogP contribution in [-0.2, 0) is 19.1 Å². The summed E-state index contributed by atoms with van der Waals surface area (Å²) < 4.78 is 9.34. The minimum atomic E-state index is -0.637. The quantitative estimate of drug-likeness (QED) is 0.792. The smallest absolute Gasteiger partial charge is 0.337 e. The summed E-state index contributed by atoms with van der Waals surface area (Å²) in [6.07, 6.45) is 2.15. The minimum Gasteiger partial charge on any atom is -0.465 e. The normalized spacial score (nSPS) is 19.2. The van der Waals surface area contributed by atoms with Gasteiger partial charge in [-0.3, -0.25) is 9.59 Å². The molecular formula is C18H20N2O6. The summed E-state index contributed by atoms with van der Waals surface area (Å²) in [4.78, 5) is 49.9. The molecule has 0 unspecified atom stereocenters. The van der Waals surface area contributed by atoms with E-state index >= 15 is 0 Å². The van der Waals surface area contributed by atoms with Crippen LogP contribution >= 0.6 is 0 Å². The summed E-state index contributed by atoms with van der Waals surface area (Å²) in [5, 5.41) is 2.69. The van der Waals surface area contributed by atoms with Gasteiger partial charge in [0, 0.05) is 24.7 Å². The second-order valence-electron chi connectivity index (χ2n) is 6.45. The lowest BCUT2D eigenvalue weighted by Crippen LogP contribution is -2.30. The van der Waals surface area contributed by atoms with Gasteiger partial charge < -0.3 is 19.7 Å². The zero-order valence-electron chi connectivity index (χ0n) is 14.6. The van der Waals surface area contributed by atoms with Gasteiger partial charge in [0.15, 0.2) is 0 Å². The Morgan fingerprint density at radius 1 is 1.04 bits per heavy atom. The predicted molar refractivity (Wildman–Crippen MR) is 90.6 cm³/mol. The van der Waals surface area contributed by atoms with Crippen molar-refractivity contribution in [1.82, 2.24) is 4.90 Å². The van der Waals surface area contributed by atoms with E-state index in [1.807, 2.05) is 0 Å². The molecule has 1 N–H and O–H groups in total. The van der Waals surface area contributed by atoms with Crippen molar-refractivity contribution >= 4 is 29.4 Å². The average molecular weight is 360 g/mol. The van der Waals surface area contributed by atoms with Crippen molar-refractivity contribution in [2.24, 2.45) is 5.92 Å². The third-order valence-electron chi connectivity index (χ3n) is 4.56. The van der Waals surface area contributed by atoms with Gasteiger partial charge in [0.05, 0.1) is 31.3 Å². The second kappa shape index (κ2) is 7.15. The van der Waals surface area contributed by atoms with Gasteiger partial charge in [-0.25, -0.2) is 9.59 Å². The van der Waals surface area contributed by atoms with Gasteiger partial charge in [0.25, 0.3) is 0 Å². The Balaban J connectivity index is 1.77. The van der Waals surface area contributed by atoms with Crippen molar-refractivity contribution in [2.75, 3.05) is 26.1 Å². The molecule has 3 rings (SSSR count). The summed E-state index contributed by atoms with van der Waals surface area (Å²) in [7, 11) is 2.45. The van der Waals surface area contributed by atoms with Crippen LogP contribution in [0.2, 0.25) is 0 Å². The van der Waals surface area contributed by atoms with Crippen molar-refractivity contribution < 1.29 is 28.7 Å². The lowest BCUT2D eigenvalue weighted by molar-refractivity contribution is -0.128. The van der Waals surface area contributed by atoms with E-state index in [0.29, 0.717) is 6.54 Å². The Morgan fingerprint density at radius 2 is 1.62 bits per heavy atom. The third-order valence-corrected chi connectivity index (χ3v) is 4.56. The molecule has 8 nitrogen and oxygen atoms in total. The maximum Gasteiger partial charge on any atom is 0.337 e. The molecule has 1 aromatic carbocycles. The van der Waals surface area contributed by atoms with Gasteiger partial charge in [-0.05, 0) is 31.0 Å². The number of rotatable bonds is 5. The highest BCUT2D eigenvalue weighted by atomic mass is 16.5. The number of ether oxygens (including phenoxy) is 2. The van der Waals surface area contributed by atoms with E-state index in [1.54, 1.807) is 4.90 Å². The summed E-state index contributed by atoms with van der Waals surface area (Å²) in [5.41, 5.74) is 0.510. The number of benzene rings is 1. The highest BCUT2D eigenvalue weighted by molar-refractivity contribution is 6.01. The molecule has 26 heavy (non-hydrogen) atoms. The zero-order chi connectivity index (χ0) is 18.8. The Morgan fingerprint density at radius 3 is 2.12 bits per heavy atom. The lowest BCUT2D eigenvalue weighted by atomic mass is 10.1. The number of carbonyl (C=O) groups is 4. The van der Waals surface area contributed by atoms with E-state index in [4.69, 9.17) is 0 Å². The Labute approximate surface area is 150 Å². The van der Waals surface area contributed by atoms with Gasteiger partial charge in [-0.2, -0.15) is 0 Å². The molecule has 1 heterocycles. The molecule has 1 aliphatic heterocycles. The molecule has 2 aliphatic rings. The van der Waals surface area contributed by atoms with Crippen molar-refractivity contribution in [2.45, 2.75) is 25.3 Å². The minimum absolute atomic E-state index is 0.00814. The number of esters is 2. The molecule has 1 aliphatic carbocycles. The predicted octanol–water partition coefficient (Wildman–Crippen LogP) is 1.21. The molecule has 1 saturated heterocycles. The van der Waals surface area contributed by atoms with Crippen LogP contribution in [0.1, 0.15) is 40.0 Å². The number of amides is 2. The average Bonchev–Trinajstić information content (AvgIpc) is 3.41. The molecular weight excluding hydrogens is 340 g/mol. The number of nitrogens with zero attached hydrogens (tertiary/aromatic N) is 1. The van der Waals surface area contributed by atoms with Crippen molar-refractivity contribution in [3.8, 4) is 0 Å². The van der Waals surface area contributed by atoms with E-state index in [1.165, 1.54) is 32.4 Å². The summed E-state index contributed by atoms with van der Waals surface area (Å²) in [6, 6.07) is 4.45. The first kappa shape index (κ1) is 17.9. The maximum atomic E-state index is 12.5. The van der Waals surface area contributed by atoms with Crippen LogP contribution in [0.25, 0.3) is 0 Å². The molecule has 138 valence electrons. The number of carbonyl (C=O) groups excluding carboxylic acids is 4. The van der Waals surface area contributed by atoms with Gasteiger partial charge in [0.2, 0.25) is 11.8 Å². The number of methoxy groups -OCH3 is 2. The van der Waals surface area contributed by atoms with Crippen molar-refractivity contribution in [3.63, 3.8) is 0 Å². The second-order valence-corrected chi connectivity index (χ2v) is 6.45. The number of likely N-dealkylation sites (tertiary alicyclic amines) is 1. The van der Waals surface area contributed by atoms with Gasteiger partial charge in [-0.1, -0.05) is 0 Å². The lowest BCUT2D eigenvalue weighted by Gasteiger charge is -2.15. The first-order valence-corrected chi connectivity index (χ1v) is 8.35. The molecule has 1 saturated carbocycles. The molecule has 2 fully saturated rings. The van der Waals surface area contributed by atoms with Crippen LogP contribution in [0.3, 0.4) is 0 Å². The van der Waals surface area contributed by atoms with E-state index in [2.05, 4.69) is 14.8 Å². The molecule has 0 spiro atoms. The number of hydrogen-bond acceptors (Lipinski definition) is 6. The number of hydrogen-bond donors (Lipinski definition) is 1. The van der Waals surface area contributed by atoms with Crippen LogP contribution < -0.4 is 5.32 Å². The summed E-state index contributed by atoms with van der Waals surface area (Å²) >= 11 is 0. The fourth-order valence-electron chi connectivity index (χ4n) is 3.06. The Kier molecular flexibility index (Phi) is 4.92. The molecule has 0 aromatic heterocycles. The SMILES string of the molecule is COC(=O)c1cc(NC(=O)[C@H]2CC(=O)N(C3CC3)C2)cc(C(=O)OC)c1. The molecule has 0 radical (unpaired) electrons. The standard InChI is InChI=1S/C18H20N2O6/c1-25-17(23)10-5-11(18(24)26-2)7-13(6-10)19-16(22)12-8-15(21)20(9-12)14-3-4-14/h5-7,12,14H,3-4,8-9H2,1-2H3,(H,19,22)/t12-/m0/s1. The van der Waals surface area contributed by atoms with Crippen LogP contribution in [0.5, 0.6) is 0 Å². The van der Waals surface area contributed by atoms with E-state index in [0.717, 1.165) is 12.8 Å². The zero-order valence-corrected chi connectivity index (χ0v) is 14.6. The van der Waals surface area contributed by atoms with E-state index < -0.39 is 17.9 Å². The largest absolute Gasteiger partial charge is 0.465 e. The molecule has 0 bridgehead atoms.